The van der Waals surface area contributed by atoms with Gasteiger partial charge in [0.25, 0.3) is 0 Å². The molecule has 79 valence electrons. The van der Waals surface area contributed by atoms with Gasteiger partial charge in [0.15, 0.2) is 0 Å². The maximum Gasteiger partial charge on any atom is 3.00 e. The van der Waals surface area contributed by atoms with E-state index in [2.05, 4.69) is 43.3 Å². The van der Waals surface area contributed by atoms with Gasteiger partial charge in [0.2, 0.25) is 0 Å². The number of fused-ring (bicyclic) bond motifs is 1. The van der Waals surface area contributed by atoms with E-state index in [0.717, 1.165) is 0 Å². The number of allylic oxidation sites excluding steroid dienone is 1. The number of rotatable bonds is 2. The van der Waals surface area contributed by atoms with Crippen molar-refractivity contribution in [2.24, 2.45) is 0 Å². The van der Waals surface area contributed by atoms with Crippen molar-refractivity contribution in [3.63, 3.8) is 0 Å². The van der Waals surface area contributed by atoms with Crippen molar-refractivity contribution in [2.75, 3.05) is 0 Å². The second kappa shape index (κ2) is 8.75. The van der Waals surface area contributed by atoms with E-state index in [9.17, 15) is 0 Å². The molecule has 0 N–H and O–H groups in total. The summed E-state index contributed by atoms with van der Waals surface area (Å²) in [4.78, 5) is 0. The molecule has 1 atom stereocenters. The molecule has 1 radical (unpaired) electrons. The Hall–Kier alpha value is 0.634. The molecule has 1 aliphatic carbocycles. The summed E-state index contributed by atoms with van der Waals surface area (Å²) >= 11 is 0. The number of hydrogen-bond donors (Lipinski definition) is 0. The average Bonchev–Trinajstić information content (AvgIpc) is 2.50. The van der Waals surface area contributed by atoms with E-state index in [4.69, 9.17) is 0 Å². The first-order valence-corrected chi connectivity index (χ1v) is 4.60. The second-order valence-electron chi connectivity index (χ2n) is 3.28. The van der Waals surface area contributed by atoms with Crippen molar-refractivity contribution in [2.45, 2.75) is 25.7 Å². The quantitative estimate of drug-likeness (QED) is 0.399. The van der Waals surface area contributed by atoms with Crippen molar-refractivity contribution < 1.29 is 55.7 Å². The third kappa shape index (κ3) is 4.18. The van der Waals surface area contributed by atoms with Gasteiger partial charge in [0, 0.05) is 0 Å². The first kappa shape index (κ1) is 18.0. The summed E-state index contributed by atoms with van der Waals surface area (Å²) < 4.78 is 0. The van der Waals surface area contributed by atoms with Crippen LogP contribution in [0.25, 0.3) is 6.08 Å². The van der Waals surface area contributed by atoms with Crippen LogP contribution in [0.1, 0.15) is 36.8 Å². The van der Waals surface area contributed by atoms with Gasteiger partial charge < -0.3 is 34.0 Å². The molecule has 1 unspecified atom stereocenters. The molecule has 15 heavy (non-hydrogen) atoms. The van der Waals surface area contributed by atoms with Crippen molar-refractivity contribution in [1.82, 2.24) is 0 Å². The van der Waals surface area contributed by atoms with E-state index in [1.807, 2.05) is 0 Å². The predicted octanol–water partition coefficient (Wildman–Crippen LogP) is -2.59. The molecule has 0 amide bonds. The van der Waals surface area contributed by atoms with Gasteiger partial charge >= 0.3 is 21.7 Å². The Morgan fingerprint density at radius 2 is 1.87 bits per heavy atom. The van der Waals surface area contributed by atoms with E-state index in [1.54, 1.807) is 0 Å². The van der Waals surface area contributed by atoms with Crippen molar-refractivity contribution in [3.05, 3.63) is 41.5 Å². The van der Waals surface area contributed by atoms with Crippen molar-refractivity contribution >= 4 is 6.08 Å². The van der Waals surface area contributed by atoms with Gasteiger partial charge in [0.1, 0.15) is 0 Å². The molecular weight excluding hydrogens is 352 g/mol. The molecule has 0 saturated heterocycles. The summed E-state index contributed by atoms with van der Waals surface area (Å²) in [6.07, 6.45) is 7.98. The molecule has 0 bridgehead atoms. The molecule has 3 heteroatoms. The van der Waals surface area contributed by atoms with E-state index in [1.165, 1.54) is 24.0 Å². The zero-order valence-electron chi connectivity index (χ0n) is 8.63. The van der Waals surface area contributed by atoms with Gasteiger partial charge in [-0.05, 0) is 0 Å². The fraction of sp³-hybridized carbons (Fsp3) is 0.333. The van der Waals surface area contributed by atoms with Gasteiger partial charge in [-0.25, -0.2) is 6.08 Å². The normalized spacial score (nSPS) is 15.7. The third-order valence-electron chi connectivity index (χ3n) is 2.39. The van der Waals surface area contributed by atoms with E-state index in [0.29, 0.717) is 5.92 Å². The van der Waals surface area contributed by atoms with Crippen LogP contribution in [0.4, 0.5) is 0 Å². The van der Waals surface area contributed by atoms with Crippen molar-refractivity contribution in [1.29, 1.82) is 0 Å². The summed E-state index contributed by atoms with van der Waals surface area (Å²) in [7, 11) is 0. The van der Waals surface area contributed by atoms with Gasteiger partial charge in [-0.15, -0.1) is 11.6 Å². The second-order valence-corrected chi connectivity index (χ2v) is 3.28. The monoisotopic (exact) mass is 363 g/mol. The zero-order chi connectivity index (χ0) is 8.39. The predicted molar refractivity (Wildman–Crippen MR) is 51.8 cm³/mol. The van der Waals surface area contributed by atoms with Crippen molar-refractivity contribution in [3.8, 4) is 0 Å². The maximum absolute atomic E-state index is 3.40. The SMILES string of the molecule is CCCC1[C-]=Cc2ccccc21.[Br-].[Br-].[Ti+3]. The topological polar surface area (TPSA) is 0 Å². The first-order valence-electron chi connectivity index (χ1n) is 4.60. The molecule has 0 nitrogen and oxygen atoms in total. The van der Waals surface area contributed by atoms with Crippen LogP contribution in [-0.4, -0.2) is 0 Å². The minimum absolute atomic E-state index is 0. The largest absolute Gasteiger partial charge is 3.00 e. The van der Waals surface area contributed by atoms with Crippen LogP contribution in [0, 0.1) is 6.08 Å². The average molecular weight is 365 g/mol. The Morgan fingerprint density at radius 3 is 2.53 bits per heavy atom. The van der Waals surface area contributed by atoms with Gasteiger partial charge in [-0.3, -0.25) is 6.08 Å². The molecule has 0 fully saturated rings. The Labute approximate surface area is 128 Å². The van der Waals surface area contributed by atoms with Crippen LogP contribution in [-0.2, 0) is 21.7 Å². The molecule has 2 rings (SSSR count). The molecule has 0 aliphatic heterocycles. The van der Waals surface area contributed by atoms with E-state index in [-0.39, 0.29) is 55.7 Å². The van der Waals surface area contributed by atoms with Crippen LogP contribution in [0.5, 0.6) is 0 Å². The summed E-state index contributed by atoms with van der Waals surface area (Å²) in [5.41, 5.74) is 2.82. The Bertz CT molecular complexity index is 310. The Morgan fingerprint density at radius 1 is 1.20 bits per heavy atom. The zero-order valence-corrected chi connectivity index (χ0v) is 13.4. The molecule has 1 aromatic rings. The molecule has 0 spiro atoms. The minimum atomic E-state index is 0. The number of halogens is 2. The fourth-order valence-electron chi connectivity index (χ4n) is 1.77. The third-order valence-corrected chi connectivity index (χ3v) is 2.39. The Kier molecular flexibility index (Phi) is 10.5. The molecule has 0 saturated carbocycles. The van der Waals surface area contributed by atoms with Crippen LogP contribution in [0.2, 0.25) is 0 Å². The van der Waals surface area contributed by atoms with Crippen LogP contribution in [0.15, 0.2) is 24.3 Å². The molecule has 1 aliphatic rings. The Balaban J connectivity index is 0. The molecule has 0 aromatic heterocycles. The molecule has 1 aromatic carbocycles. The van der Waals surface area contributed by atoms with E-state index >= 15 is 0 Å². The summed E-state index contributed by atoms with van der Waals surface area (Å²) in [6, 6.07) is 8.58. The molecule has 0 heterocycles. The minimum Gasteiger partial charge on any atom is -1.00 e. The summed E-state index contributed by atoms with van der Waals surface area (Å²) in [5.74, 6) is 0.561. The van der Waals surface area contributed by atoms with E-state index < -0.39 is 0 Å². The van der Waals surface area contributed by atoms with Crippen LogP contribution >= 0.6 is 0 Å². The standard InChI is InChI=1S/C12H13.2BrH.Ti/c1-2-5-10-8-9-11-6-3-4-7-12(10)11;;;/h3-4,6-7,9-10H,2,5H2,1H3;2*1H;/q-1;;;+3/p-2. The van der Waals surface area contributed by atoms with Gasteiger partial charge in [-0.1, -0.05) is 43.9 Å². The van der Waals surface area contributed by atoms with Gasteiger partial charge in [0.05, 0.1) is 0 Å². The maximum atomic E-state index is 3.40. The first-order chi connectivity index (χ1) is 5.92. The van der Waals surface area contributed by atoms with Gasteiger partial charge in [-0.2, -0.15) is 5.56 Å². The van der Waals surface area contributed by atoms with Crippen LogP contribution < -0.4 is 34.0 Å². The van der Waals surface area contributed by atoms with Crippen LogP contribution in [0.3, 0.4) is 0 Å². The summed E-state index contributed by atoms with van der Waals surface area (Å²) in [6.45, 7) is 2.22. The summed E-state index contributed by atoms with van der Waals surface area (Å²) in [5, 5.41) is 0. The number of hydrogen-bond acceptors (Lipinski definition) is 0. The number of benzene rings is 1. The fourth-order valence-corrected chi connectivity index (χ4v) is 1.77. The molecular formula is C12H13Br2Ti. The smallest absolute Gasteiger partial charge is 1.00 e.